The minimum absolute atomic E-state index is 0.00140. The molecule has 1 aliphatic rings. The third-order valence-corrected chi connectivity index (χ3v) is 4.57. The highest BCUT2D eigenvalue weighted by atomic mass is 16.2. The Balaban J connectivity index is 1.41. The molecule has 1 amide bonds. The van der Waals surface area contributed by atoms with Crippen LogP contribution in [0.4, 0.5) is 0 Å². The number of aromatic nitrogens is 4. The van der Waals surface area contributed by atoms with Gasteiger partial charge in [0.15, 0.2) is 0 Å². The van der Waals surface area contributed by atoms with Crippen LogP contribution in [0.15, 0.2) is 66.0 Å². The summed E-state index contributed by atoms with van der Waals surface area (Å²) in [6.45, 7) is 1.86. The van der Waals surface area contributed by atoms with Crippen molar-refractivity contribution in [1.82, 2.24) is 25.6 Å². The van der Waals surface area contributed by atoms with Crippen molar-refractivity contribution < 1.29 is 4.79 Å². The topological polar surface area (TPSA) is 85.1 Å². The van der Waals surface area contributed by atoms with Crippen LogP contribution in [0.5, 0.6) is 0 Å². The van der Waals surface area contributed by atoms with Gasteiger partial charge in [0, 0.05) is 5.92 Å². The van der Waals surface area contributed by atoms with Gasteiger partial charge >= 0.3 is 0 Å². The van der Waals surface area contributed by atoms with Gasteiger partial charge in [0.25, 0.3) is 0 Å². The van der Waals surface area contributed by atoms with E-state index in [2.05, 4.69) is 38.2 Å². The summed E-state index contributed by atoms with van der Waals surface area (Å²) in [5.74, 6) is 0.270. The van der Waals surface area contributed by atoms with Gasteiger partial charge < -0.3 is 0 Å². The van der Waals surface area contributed by atoms with Gasteiger partial charge in [-0.05, 0) is 52.9 Å². The number of amides is 1. The van der Waals surface area contributed by atoms with Crippen molar-refractivity contribution in [3.8, 4) is 5.69 Å². The third-order valence-electron chi connectivity index (χ3n) is 4.57. The molecule has 4 rings (SSSR count). The summed E-state index contributed by atoms with van der Waals surface area (Å²) in [6, 6.07) is 17.8. The van der Waals surface area contributed by atoms with E-state index in [0.717, 1.165) is 23.4 Å². The molecule has 1 heterocycles. The zero-order valence-electron chi connectivity index (χ0n) is 14.3. The van der Waals surface area contributed by atoms with E-state index in [1.807, 2.05) is 49.4 Å². The largest absolute Gasteiger partial charge is 0.273 e. The van der Waals surface area contributed by atoms with Gasteiger partial charge in [0.05, 0.1) is 11.4 Å². The molecule has 0 spiro atoms. The average molecular weight is 346 g/mol. The number of benzene rings is 2. The number of nitrogens with zero attached hydrogens (tertiary/aromatic N) is 5. The van der Waals surface area contributed by atoms with Gasteiger partial charge in [-0.3, -0.25) is 4.79 Å². The van der Waals surface area contributed by atoms with E-state index in [4.69, 9.17) is 0 Å². The highest BCUT2D eigenvalue weighted by Crippen LogP contribution is 2.47. The first-order valence-corrected chi connectivity index (χ1v) is 8.45. The second-order valence-corrected chi connectivity index (χ2v) is 6.34. The molecule has 3 aromatic rings. The lowest BCUT2D eigenvalue weighted by Gasteiger charge is -2.05. The summed E-state index contributed by atoms with van der Waals surface area (Å²) in [4.78, 5) is 12.3. The zero-order chi connectivity index (χ0) is 17.9. The third kappa shape index (κ3) is 3.37. The summed E-state index contributed by atoms with van der Waals surface area (Å²) in [7, 11) is 0. The Morgan fingerprint density at radius 1 is 1.19 bits per heavy atom. The van der Waals surface area contributed by atoms with E-state index in [0.29, 0.717) is 5.92 Å². The van der Waals surface area contributed by atoms with Crippen LogP contribution in [0.2, 0.25) is 0 Å². The molecule has 1 saturated carbocycles. The van der Waals surface area contributed by atoms with E-state index < -0.39 is 0 Å². The molecule has 1 aliphatic carbocycles. The van der Waals surface area contributed by atoms with Crippen molar-refractivity contribution in [3.63, 3.8) is 0 Å². The summed E-state index contributed by atoms with van der Waals surface area (Å²) in [6.07, 6.45) is 2.41. The maximum atomic E-state index is 12.3. The van der Waals surface area contributed by atoms with Crippen molar-refractivity contribution >= 4 is 11.6 Å². The lowest BCUT2D eigenvalue weighted by molar-refractivity contribution is -0.122. The zero-order valence-corrected chi connectivity index (χ0v) is 14.3. The fourth-order valence-corrected chi connectivity index (χ4v) is 2.99. The molecule has 7 nitrogen and oxygen atoms in total. The van der Waals surface area contributed by atoms with E-state index in [-0.39, 0.29) is 11.8 Å². The molecule has 1 N–H and O–H groups in total. The Morgan fingerprint density at radius 2 is 2.04 bits per heavy atom. The van der Waals surface area contributed by atoms with E-state index in [9.17, 15) is 4.79 Å². The Kier molecular flexibility index (Phi) is 4.27. The maximum Gasteiger partial charge on any atom is 0.243 e. The monoisotopic (exact) mass is 346 g/mol. The summed E-state index contributed by atoms with van der Waals surface area (Å²) in [5, 5.41) is 15.4. The van der Waals surface area contributed by atoms with Crippen molar-refractivity contribution in [2.24, 2.45) is 11.0 Å². The molecule has 0 unspecified atom stereocenters. The normalized spacial score (nSPS) is 19.2. The van der Waals surface area contributed by atoms with E-state index >= 15 is 0 Å². The molecule has 2 aromatic carbocycles. The van der Waals surface area contributed by atoms with Crippen molar-refractivity contribution in [2.75, 3.05) is 0 Å². The minimum Gasteiger partial charge on any atom is -0.273 e. The summed E-state index contributed by atoms with van der Waals surface area (Å²) >= 11 is 0. The van der Waals surface area contributed by atoms with Crippen LogP contribution in [-0.4, -0.2) is 31.8 Å². The second kappa shape index (κ2) is 6.87. The fraction of sp³-hybridized carbons (Fsp3) is 0.211. The van der Waals surface area contributed by atoms with Gasteiger partial charge in [-0.25, -0.2) is 10.1 Å². The molecule has 130 valence electrons. The lowest BCUT2D eigenvalue weighted by Crippen LogP contribution is -2.21. The van der Waals surface area contributed by atoms with Crippen molar-refractivity contribution in [2.45, 2.75) is 19.3 Å². The minimum atomic E-state index is -0.0326. The van der Waals surface area contributed by atoms with Crippen LogP contribution >= 0.6 is 0 Å². The number of carbonyl (C=O) groups excluding carboxylic acids is 1. The Hall–Kier alpha value is -3.35. The highest BCUT2D eigenvalue weighted by molar-refractivity contribution is 5.99. The number of hydrogen-bond donors (Lipinski definition) is 1. The van der Waals surface area contributed by atoms with Gasteiger partial charge in [-0.15, -0.1) is 5.10 Å². The Morgan fingerprint density at radius 3 is 2.81 bits per heavy atom. The fourth-order valence-electron chi connectivity index (χ4n) is 2.99. The molecule has 2 atom stereocenters. The number of rotatable bonds is 5. The van der Waals surface area contributed by atoms with Gasteiger partial charge in [-0.1, -0.05) is 42.5 Å². The predicted octanol–water partition coefficient (Wildman–Crippen LogP) is 2.31. The first kappa shape index (κ1) is 16.1. The lowest BCUT2D eigenvalue weighted by atomic mass is 10.1. The Bertz CT molecular complexity index is 936. The first-order chi connectivity index (χ1) is 12.7. The summed E-state index contributed by atoms with van der Waals surface area (Å²) < 4.78 is 1.57. The molecule has 1 aromatic heterocycles. The standard InChI is InChI=1S/C19H18N6O/c1-13(15-8-5-9-16(10-15)25-12-20-23-24-25)21-22-19(26)18-11-17(18)14-6-3-2-4-7-14/h2-10,12,17-18H,11H2,1H3,(H,22,26)/b21-13-/t17-,18+/m1/s1. The molecule has 0 saturated heterocycles. The quantitative estimate of drug-likeness (QED) is 0.567. The maximum absolute atomic E-state index is 12.3. The number of tetrazole rings is 1. The number of hydrogen-bond acceptors (Lipinski definition) is 5. The van der Waals surface area contributed by atoms with Crippen LogP contribution in [-0.2, 0) is 4.79 Å². The molecule has 0 aliphatic heterocycles. The molecular weight excluding hydrogens is 328 g/mol. The smallest absolute Gasteiger partial charge is 0.243 e. The van der Waals surface area contributed by atoms with E-state index in [1.54, 1.807) is 4.68 Å². The average Bonchev–Trinajstić information content (AvgIpc) is 3.31. The Labute approximate surface area is 150 Å². The van der Waals surface area contributed by atoms with Crippen molar-refractivity contribution in [1.29, 1.82) is 0 Å². The molecule has 26 heavy (non-hydrogen) atoms. The summed E-state index contributed by atoms with van der Waals surface area (Å²) in [5.41, 5.74) is 6.37. The second-order valence-electron chi connectivity index (χ2n) is 6.34. The number of nitrogens with one attached hydrogen (secondary N) is 1. The van der Waals surface area contributed by atoms with Crippen LogP contribution in [0, 0.1) is 5.92 Å². The van der Waals surface area contributed by atoms with Gasteiger partial charge in [0.2, 0.25) is 5.91 Å². The molecule has 7 heteroatoms. The predicted molar refractivity (Wildman–Crippen MR) is 96.8 cm³/mol. The van der Waals surface area contributed by atoms with Gasteiger partial charge in [-0.2, -0.15) is 5.10 Å². The van der Waals surface area contributed by atoms with Crippen LogP contribution in [0.25, 0.3) is 5.69 Å². The number of hydrazone groups is 1. The van der Waals surface area contributed by atoms with Crippen LogP contribution < -0.4 is 5.43 Å². The highest BCUT2D eigenvalue weighted by Gasteiger charge is 2.43. The first-order valence-electron chi connectivity index (χ1n) is 8.45. The molecule has 1 fully saturated rings. The van der Waals surface area contributed by atoms with Crippen molar-refractivity contribution in [3.05, 3.63) is 72.1 Å². The number of carbonyl (C=O) groups is 1. The van der Waals surface area contributed by atoms with Crippen LogP contribution in [0.1, 0.15) is 30.4 Å². The van der Waals surface area contributed by atoms with E-state index in [1.165, 1.54) is 11.9 Å². The molecule has 0 bridgehead atoms. The van der Waals surface area contributed by atoms with Gasteiger partial charge in [0.1, 0.15) is 6.33 Å². The molecular formula is C19H18N6O. The molecule has 0 radical (unpaired) electrons. The van der Waals surface area contributed by atoms with Crippen LogP contribution in [0.3, 0.4) is 0 Å². The SMILES string of the molecule is C/C(=N/NC(=O)[C@H]1C[C@@H]1c1ccccc1)c1cccc(-n2cnnn2)c1.